The summed E-state index contributed by atoms with van der Waals surface area (Å²) in [5.74, 6) is -1.71. The van der Waals surface area contributed by atoms with E-state index < -0.39 is 35.6 Å². The number of anilines is 1. The third-order valence-electron chi connectivity index (χ3n) is 2.18. The highest BCUT2D eigenvalue weighted by Crippen LogP contribution is 2.24. The Morgan fingerprint density at radius 3 is 2.23 bits per heavy atom. The van der Waals surface area contributed by atoms with Gasteiger partial charge in [0.05, 0.1) is 0 Å². The SMILES string of the molecule is N#CC(C#N)=C(C#N)Nc1ccc(OCC(F)(F)F)c(F)c1. The van der Waals surface area contributed by atoms with Crippen molar-refractivity contribution in [2.24, 2.45) is 0 Å². The van der Waals surface area contributed by atoms with Crippen molar-refractivity contribution < 1.29 is 22.3 Å². The fourth-order valence-corrected chi connectivity index (χ4v) is 1.28. The van der Waals surface area contributed by atoms with Crippen LogP contribution in [-0.2, 0) is 0 Å². The van der Waals surface area contributed by atoms with E-state index in [1.54, 1.807) is 6.07 Å². The average molecular weight is 310 g/mol. The second-order valence-electron chi connectivity index (χ2n) is 3.76. The predicted octanol–water partition coefficient (Wildman–Crippen LogP) is 3.00. The van der Waals surface area contributed by atoms with E-state index in [4.69, 9.17) is 15.8 Å². The number of rotatable bonds is 4. The van der Waals surface area contributed by atoms with Crippen molar-refractivity contribution in [1.29, 1.82) is 15.8 Å². The minimum Gasteiger partial charge on any atom is -0.481 e. The van der Waals surface area contributed by atoms with Gasteiger partial charge in [0.1, 0.15) is 23.9 Å². The average Bonchev–Trinajstić information content (AvgIpc) is 2.45. The van der Waals surface area contributed by atoms with Gasteiger partial charge in [-0.25, -0.2) is 4.39 Å². The molecule has 0 aliphatic rings. The van der Waals surface area contributed by atoms with Crippen LogP contribution in [-0.4, -0.2) is 12.8 Å². The Morgan fingerprint density at radius 2 is 1.77 bits per heavy atom. The first kappa shape index (κ1) is 16.8. The zero-order valence-electron chi connectivity index (χ0n) is 10.7. The van der Waals surface area contributed by atoms with Crippen LogP contribution in [0, 0.1) is 39.8 Å². The number of hydrogen-bond donors (Lipinski definition) is 1. The molecule has 112 valence electrons. The Bertz CT molecular complexity index is 704. The molecule has 1 N–H and O–H groups in total. The topological polar surface area (TPSA) is 92.6 Å². The highest BCUT2D eigenvalue weighted by Gasteiger charge is 2.28. The number of hydrogen-bond acceptors (Lipinski definition) is 5. The number of nitrogens with zero attached hydrogens (tertiary/aromatic N) is 3. The van der Waals surface area contributed by atoms with Gasteiger partial charge in [-0.1, -0.05) is 0 Å². The Morgan fingerprint density at radius 1 is 1.14 bits per heavy atom. The van der Waals surface area contributed by atoms with Crippen molar-refractivity contribution in [1.82, 2.24) is 0 Å². The van der Waals surface area contributed by atoms with Crippen molar-refractivity contribution in [2.45, 2.75) is 6.18 Å². The maximum Gasteiger partial charge on any atom is 0.422 e. The molecule has 9 heteroatoms. The van der Waals surface area contributed by atoms with Crippen LogP contribution in [0.25, 0.3) is 0 Å². The van der Waals surface area contributed by atoms with Gasteiger partial charge < -0.3 is 10.1 Å². The summed E-state index contributed by atoms with van der Waals surface area (Å²) < 4.78 is 53.8. The van der Waals surface area contributed by atoms with Gasteiger partial charge in [-0.3, -0.25) is 0 Å². The summed E-state index contributed by atoms with van der Waals surface area (Å²) in [5.41, 5.74) is -0.954. The normalized spacial score (nSPS) is 9.86. The summed E-state index contributed by atoms with van der Waals surface area (Å²) in [4.78, 5) is 0. The lowest BCUT2D eigenvalue weighted by molar-refractivity contribution is -0.153. The molecule has 5 nitrogen and oxygen atoms in total. The monoisotopic (exact) mass is 310 g/mol. The van der Waals surface area contributed by atoms with E-state index in [1.165, 1.54) is 12.1 Å². The Hall–Kier alpha value is -3.25. The van der Waals surface area contributed by atoms with E-state index >= 15 is 0 Å². The molecule has 0 aromatic heterocycles. The molecule has 1 rings (SSSR count). The van der Waals surface area contributed by atoms with Crippen LogP contribution in [0.15, 0.2) is 29.5 Å². The first-order valence-electron chi connectivity index (χ1n) is 5.51. The van der Waals surface area contributed by atoms with Crippen molar-refractivity contribution in [3.05, 3.63) is 35.3 Å². The molecule has 0 aliphatic heterocycles. The first-order valence-corrected chi connectivity index (χ1v) is 5.51. The third-order valence-corrected chi connectivity index (χ3v) is 2.18. The van der Waals surface area contributed by atoms with Crippen LogP contribution < -0.4 is 10.1 Å². The van der Waals surface area contributed by atoms with Gasteiger partial charge in [0.25, 0.3) is 0 Å². The molecule has 0 aliphatic carbocycles. The highest BCUT2D eigenvalue weighted by atomic mass is 19.4. The Labute approximate surface area is 122 Å². The van der Waals surface area contributed by atoms with E-state index in [1.807, 2.05) is 0 Å². The molecule has 22 heavy (non-hydrogen) atoms. The van der Waals surface area contributed by atoms with Gasteiger partial charge in [0, 0.05) is 11.8 Å². The molecule has 0 spiro atoms. The summed E-state index contributed by atoms with van der Waals surface area (Å²) in [7, 11) is 0. The fraction of sp³-hybridized carbons (Fsp3) is 0.154. The van der Waals surface area contributed by atoms with E-state index in [2.05, 4.69) is 10.1 Å². The van der Waals surface area contributed by atoms with Gasteiger partial charge in [0.15, 0.2) is 23.7 Å². The maximum absolute atomic E-state index is 13.6. The molecular formula is C13H6F4N4O. The molecular weight excluding hydrogens is 304 g/mol. The lowest BCUT2D eigenvalue weighted by Crippen LogP contribution is -2.19. The number of nitriles is 3. The molecule has 0 saturated heterocycles. The molecule has 0 unspecified atom stereocenters. The predicted molar refractivity (Wildman–Crippen MR) is 65.4 cm³/mol. The van der Waals surface area contributed by atoms with Gasteiger partial charge in [-0.2, -0.15) is 29.0 Å². The highest BCUT2D eigenvalue weighted by molar-refractivity contribution is 5.59. The van der Waals surface area contributed by atoms with Crippen molar-refractivity contribution in [2.75, 3.05) is 11.9 Å². The van der Waals surface area contributed by atoms with Gasteiger partial charge in [-0.15, -0.1) is 0 Å². The quantitative estimate of drug-likeness (QED) is 0.681. The number of benzene rings is 1. The number of halogens is 4. The number of ether oxygens (including phenoxy) is 1. The zero-order valence-corrected chi connectivity index (χ0v) is 10.7. The summed E-state index contributed by atoms with van der Waals surface area (Å²) in [6, 6.07) is 7.34. The second kappa shape index (κ2) is 6.96. The minimum absolute atomic E-state index is 0.0311. The Balaban J connectivity index is 2.96. The van der Waals surface area contributed by atoms with E-state index in [0.717, 1.165) is 18.2 Å². The van der Waals surface area contributed by atoms with Crippen LogP contribution in [0.3, 0.4) is 0 Å². The van der Waals surface area contributed by atoms with Gasteiger partial charge in [0.2, 0.25) is 0 Å². The van der Waals surface area contributed by atoms with Crippen LogP contribution in [0.5, 0.6) is 5.75 Å². The summed E-state index contributed by atoms with van der Waals surface area (Å²) in [5, 5.41) is 28.4. The van der Waals surface area contributed by atoms with E-state index in [9.17, 15) is 17.6 Å². The molecule has 0 amide bonds. The molecule has 0 bridgehead atoms. The third kappa shape index (κ3) is 4.69. The van der Waals surface area contributed by atoms with E-state index in [0.29, 0.717) is 0 Å². The molecule has 0 saturated carbocycles. The fourth-order valence-electron chi connectivity index (χ4n) is 1.28. The first-order chi connectivity index (χ1) is 10.3. The minimum atomic E-state index is -4.60. The molecule has 0 fully saturated rings. The van der Waals surface area contributed by atoms with Crippen LogP contribution in [0.4, 0.5) is 23.2 Å². The second-order valence-corrected chi connectivity index (χ2v) is 3.76. The smallest absolute Gasteiger partial charge is 0.422 e. The molecule has 0 radical (unpaired) electrons. The molecule has 1 aromatic carbocycles. The summed E-state index contributed by atoms with van der Waals surface area (Å²) in [6.07, 6.45) is -4.60. The summed E-state index contributed by atoms with van der Waals surface area (Å²) in [6.45, 7) is -1.65. The Kier molecular flexibility index (Phi) is 5.32. The van der Waals surface area contributed by atoms with Crippen LogP contribution >= 0.6 is 0 Å². The number of nitrogens with one attached hydrogen (secondary N) is 1. The van der Waals surface area contributed by atoms with Crippen LogP contribution in [0.1, 0.15) is 0 Å². The molecule has 0 heterocycles. The van der Waals surface area contributed by atoms with Crippen molar-refractivity contribution >= 4 is 5.69 Å². The van der Waals surface area contributed by atoms with Crippen molar-refractivity contribution in [3.63, 3.8) is 0 Å². The van der Waals surface area contributed by atoms with E-state index in [-0.39, 0.29) is 5.69 Å². The standard InChI is InChI=1S/C13H6F4N4O/c14-10-3-9(21-11(6-20)8(4-18)5-19)1-2-12(10)22-7-13(15,16)17/h1-3,21H,7H2. The van der Waals surface area contributed by atoms with Gasteiger partial charge in [-0.05, 0) is 12.1 Å². The van der Waals surface area contributed by atoms with Crippen LogP contribution in [0.2, 0.25) is 0 Å². The van der Waals surface area contributed by atoms with Crippen molar-refractivity contribution in [3.8, 4) is 24.0 Å². The largest absolute Gasteiger partial charge is 0.481 e. The lowest BCUT2D eigenvalue weighted by Gasteiger charge is -2.11. The number of alkyl halides is 3. The van der Waals surface area contributed by atoms with Gasteiger partial charge >= 0.3 is 6.18 Å². The maximum atomic E-state index is 13.6. The zero-order chi connectivity index (χ0) is 16.8. The molecule has 1 aromatic rings. The number of allylic oxidation sites excluding steroid dienone is 2. The summed E-state index contributed by atoms with van der Waals surface area (Å²) >= 11 is 0. The lowest BCUT2D eigenvalue weighted by atomic mass is 10.2. The molecule has 0 atom stereocenters.